The summed E-state index contributed by atoms with van der Waals surface area (Å²) in [7, 11) is 0.600. The normalized spacial score (nSPS) is 14.0. The van der Waals surface area contributed by atoms with E-state index in [1.165, 1.54) is 0 Å². The van der Waals surface area contributed by atoms with Crippen molar-refractivity contribution in [1.29, 1.82) is 0 Å². The molecular formula is C17H25N3O4S2. The second kappa shape index (κ2) is 11.7. The Morgan fingerprint density at radius 1 is 1.27 bits per heavy atom. The van der Waals surface area contributed by atoms with E-state index < -0.39 is 28.4 Å². The fourth-order valence-electron chi connectivity index (χ4n) is 2.58. The van der Waals surface area contributed by atoms with Crippen molar-refractivity contribution in [3.8, 4) is 0 Å². The van der Waals surface area contributed by atoms with Gasteiger partial charge in [-0.05, 0) is 44.0 Å². The first kappa shape index (κ1) is 22.2. The van der Waals surface area contributed by atoms with E-state index in [1.54, 1.807) is 38.4 Å². The van der Waals surface area contributed by atoms with Gasteiger partial charge in [-0.3, -0.25) is 4.79 Å². The van der Waals surface area contributed by atoms with E-state index in [9.17, 15) is 13.2 Å². The highest BCUT2D eigenvalue weighted by Crippen LogP contribution is 2.26. The smallest absolute Gasteiger partial charge is 0.311 e. The molecule has 3 atom stereocenters. The van der Waals surface area contributed by atoms with Crippen molar-refractivity contribution < 1.29 is 17.9 Å². The maximum Gasteiger partial charge on any atom is 0.311 e. The van der Waals surface area contributed by atoms with Crippen LogP contribution in [-0.4, -0.2) is 45.7 Å². The van der Waals surface area contributed by atoms with Crippen molar-refractivity contribution in [2.75, 3.05) is 14.2 Å². The Kier molecular flexibility index (Phi) is 10.0. The minimum atomic E-state index is -2.62. The maximum atomic E-state index is 12.8. The van der Waals surface area contributed by atoms with Gasteiger partial charge in [0.2, 0.25) is 5.91 Å². The molecule has 0 saturated carbocycles. The average molecular weight is 400 g/mol. The van der Waals surface area contributed by atoms with E-state index in [1.807, 2.05) is 13.0 Å². The van der Waals surface area contributed by atoms with Crippen LogP contribution in [0.15, 0.2) is 34.7 Å². The van der Waals surface area contributed by atoms with Crippen LogP contribution in [0.5, 0.6) is 0 Å². The van der Waals surface area contributed by atoms with Crippen LogP contribution < -0.4 is 10.6 Å². The van der Waals surface area contributed by atoms with E-state index >= 15 is 0 Å². The number of nitrogens with one attached hydrogen (secondary N) is 2. The molecule has 9 heteroatoms. The van der Waals surface area contributed by atoms with Gasteiger partial charge in [0.1, 0.15) is 0 Å². The van der Waals surface area contributed by atoms with E-state index in [2.05, 4.69) is 15.0 Å². The quantitative estimate of drug-likeness (QED) is 0.617. The molecular weight excluding hydrogens is 374 g/mol. The van der Waals surface area contributed by atoms with Gasteiger partial charge < -0.3 is 15.4 Å². The zero-order valence-electron chi connectivity index (χ0n) is 15.1. The molecule has 0 spiro atoms. The molecule has 26 heavy (non-hydrogen) atoms. The largest absolute Gasteiger partial charge is 0.382 e. The first-order chi connectivity index (χ1) is 12.4. The SMILES string of the molecule is CNC(=S)NC(=O)C(c1ccccc1)C(CCCC(C)OC)N=S(=O)=O. The molecule has 144 valence electrons. The van der Waals surface area contributed by atoms with Gasteiger partial charge in [0.05, 0.1) is 18.1 Å². The molecule has 1 aromatic carbocycles. The van der Waals surface area contributed by atoms with Gasteiger partial charge in [0, 0.05) is 14.2 Å². The summed E-state index contributed by atoms with van der Waals surface area (Å²) < 4.78 is 31.5. The Bertz CT molecular complexity index is 715. The highest BCUT2D eigenvalue weighted by atomic mass is 32.2. The molecule has 0 fully saturated rings. The molecule has 1 amide bonds. The van der Waals surface area contributed by atoms with Gasteiger partial charge in [0.15, 0.2) is 5.11 Å². The maximum absolute atomic E-state index is 12.8. The number of hydrogen-bond acceptors (Lipinski definition) is 6. The van der Waals surface area contributed by atoms with Crippen molar-refractivity contribution in [3.05, 3.63) is 35.9 Å². The zero-order chi connectivity index (χ0) is 19.5. The molecule has 0 saturated heterocycles. The van der Waals surface area contributed by atoms with Gasteiger partial charge in [0.25, 0.3) is 0 Å². The summed E-state index contributed by atoms with van der Waals surface area (Å²) in [6, 6.07) is 8.25. The minimum Gasteiger partial charge on any atom is -0.382 e. The van der Waals surface area contributed by atoms with Gasteiger partial charge in [-0.1, -0.05) is 30.3 Å². The second-order valence-electron chi connectivity index (χ2n) is 5.82. The highest BCUT2D eigenvalue weighted by molar-refractivity contribution is 7.80. The molecule has 0 heterocycles. The fourth-order valence-corrected chi connectivity index (χ4v) is 3.13. The molecule has 0 aromatic heterocycles. The molecule has 7 nitrogen and oxygen atoms in total. The molecule has 0 aliphatic carbocycles. The predicted molar refractivity (Wildman–Crippen MR) is 104 cm³/mol. The summed E-state index contributed by atoms with van der Waals surface area (Å²) in [6.45, 7) is 1.94. The summed E-state index contributed by atoms with van der Waals surface area (Å²) in [4.78, 5) is 12.8. The number of amides is 1. The van der Waals surface area contributed by atoms with E-state index in [4.69, 9.17) is 17.0 Å². The third-order valence-electron chi connectivity index (χ3n) is 4.02. The third-order valence-corrected chi connectivity index (χ3v) is 4.77. The summed E-state index contributed by atoms with van der Waals surface area (Å²) in [5.74, 6) is -1.16. The first-order valence-corrected chi connectivity index (χ1v) is 9.73. The van der Waals surface area contributed by atoms with Crippen LogP contribution in [0.25, 0.3) is 0 Å². The number of carbonyl (C=O) groups is 1. The average Bonchev–Trinajstić information content (AvgIpc) is 2.61. The van der Waals surface area contributed by atoms with Gasteiger partial charge in [-0.25, -0.2) is 0 Å². The Balaban J connectivity index is 3.13. The van der Waals surface area contributed by atoms with Crippen molar-refractivity contribution >= 4 is 33.7 Å². The van der Waals surface area contributed by atoms with Crippen LogP contribution in [0, 0.1) is 0 Å². The molecule has 3 unspecified atom stereocenters. The molecule has 0 aliphatic heterocycles. The van der Waals surface area contributed by atoms with E-state index in [-0.39, 0.29) is 11.2 Å². The molecule has 0 radical (unpaired) electrons. The van der Waals surface area contributed by atoms with E-state index in [0.29, 0.717) is 18.4 Å². The Hall–Kier alpha value is -1.84. The van der Waals surface area contributed by atoms with Crippen LogP contribution >= 0.6 is 12.2 Å². The van der Waals surface area contributed by atoms with Gasteiger partial charge in [-0.2, -0.15) is 12.8 Å². The van der Waals surface area contributed by atoms with Crippen molar-refractivity contribution in [3.63, 3.8) is 0 Å². The monoisotopic (exact) mass is 399 g/mol. The summed E-state index contributed by atoms with van der Waals surface area (Å²) in [5.41, 5.74) is 0.683. The minimum absolute atomic E-state index is 0.0502. The summed E-state index contributed by atoms with van der Waals surface area (Å²) in [5, 5.41) is 5.44. The van der Waals surface area contributed by atoms with Crippen LogP contribution in [-0.2, 0) is 20.0 Å². The molecule has 0 aliphatic rings. The predicted octanol–water partition coefficient (Wildman–Crippen LogP) is 2.03. The number of hydrogen-bond donors (Lipinski definition) is 2. The van der Waals surface area contributed by atoms with Crippen molar-refractivity contribution in [2.24, 2.45) is 4.36 Å². The van der Waals surface area contributed by atoms with Crippen LogP contribution in [0.4, 0.5) is 0 Å². The topological polar surface area (TPSA) is 96.9 Å². The van der Waals surface area contributed by atoms with Crippen molar-refractivity contribution in [1.82, 2.24) is 10.6 Å². The molecule has 1 rings (SSSR count). The van der Waals surface area contributed by atoms with E-state index in [0.717, 1.165) is 6.42 Å². The highest BCUT2D eigenvalue weighted by Gasteiger charge is 2.30. The van der Waals surface area contributed by atoms with Gasteiger partial charge >= 0.3 is 10.5 Å². The zero-order valence-corrected chi connectivity index (χ0v) is 16.8. The Labute approximate surface area is 161 Å². The lowest BCUT2D eigenvalue weighted by molar-refractivity contribution is -0.121. The summed E-state index contributed by atoms with van der Waals surface area (Å²) in [6.07, 6.45) is 1.90. The molecule has 1 aromatic rings. The molecule has 2 N–H and O–H groups in total. The number of ether oxygens (including phenoxy) is 1. The lowest BCUT2D eigenvalue weighted by atomic mass is 9.88. The van der Waals surface area contributed by atoms with Crippen LogP contribution in [0.1, 0.15) is 37.7 Å². The Morgan fingerprint density at radius 3 is 2.46 bits per heavy atom. The fraction of sp³-hybridized carbons (Fsp3) is 0.529. The lowest BCUT2D eigenvalue weighted by Gasteiger charge is -2.23. The standard InChI is InChI=1S/C17H25N3O4S2/c1-12(24-3)8-7-11-14(20-26(22)23)15(13-9-5-4-6-10-13)16(21)19-17(25)18-2/h4-6,9-10,12,14-15H,7-8,11H2,1-3H3,(H2,18,19,21,25). The number of carbonyl (C=O) groups excluding carboxylic acids is 1. The molecule has 0 bridgehead atoms. The number of methoxy groups -OCH3 is 1. The number of thiocarbonyl (C=S) groups is 1. The lowest BCUT2D eigenvalue weighted by Crippen LogP contribution is -2.42. The first-order valence-electron chi connectivity index (χ1n) is 8.29. The number of nitrogens with zero attached hydrogens (tertiary/aromatic N) is 1. The van der Waals surface area contributed by atoms with Gasteiger partial charge in [-0.15, -0.1) is 0 Å². The van der Waals surface area contributed by atoms with Crippen molar-refractivity contribution in [2.45, 2.75) is 44.2 Å². The number of benzene rings is 1. The third kappa shape index (κ3) is 7.59. The van der Waals surface area contributed by atoms with Crippen LogP contribution in [0.2, 0.25) is 0 Å². The second-order valence-corrected chi connectivity index (χ2v) is 6.88. The van der Waals surface area contributed by atoms with Crippen LogP contribution in [0.3, 0.4) is 0 Å². The summed E-state index contributed by atoms with van der Waals surface area (Å²) >= 11 is 5.00. The Morgan fingerprint density at radius 2 is 1.92 bits per heavy atom. The number of rotatable bonds is 9.